The largest absolute Gasteiger partial charge is 0.477 e. The number of hydrogen-bond donors (Lipinski definition) is 0. The quantitative estimate of drug-likeness (QED) is 0.612. The molecule has 2 aliphatic rings. The van der Waals surface area contributed by atoms with Crippen LogP contribution in [0, 0.1) is 11.3 Å². The van der Waals surface area contributed by atoms with Crippen LogP contribution in [-0.4, -0.2) is 59.4 Å². The number of aromatic nitrogens is 1. The normalized spacial score (nSPS) is 23.6. The Labute approximate surface area is 204 Å². The van der Waals surface area contributed by atoms with Crippen molar-refractivity contribution >= 4 is 35.0 Å². The molecule has 3 heterocycles. The first-order valence-electron chi connectivity index (χ1n) is 11.3. The monoisotopic (exact) mass is 489 g/mol. The average molecular weight is 490 g/mol. The van der Waals surface area contributed by atoms with E-state index >= 15 is 0 Å². The summed E-state index contributed by atoms with van der Waals surface area (Å²) in [7, 11) is 0. The summed E-state index contributed by atoms with van der Waals surface area (Å²) in [5.74, 6) is 0.809. The van der Waals surface area contributed by atoms with Crippen molar-refractivity contribution in [2.45, 2.75) is 32.6 Å². The van der Waals surface area contributed by atoms with Crippen LogP contribution in [0.3, 0.4) is 0 Å². The van der Waals surface area contributed by atoms with E-state index in [4.69, 9.17) is 27.9 Å². The number of hydrogen-bond acceptors (Lipinski definition) is 4. The molecule has 0 unspecified atom stereocenters. The Balaban J connectivity index is 1.50. The lowest BCUT2D eigenvalue weighted by Gasteiger charge is -2.33. The fourth-order valence-electron chi connectivity index (χ4n) is 4.95. The molecule has 33 heavy (non-hydrogen) atoms. The number of amides is 2. The van der Waals surface area contributed by atoms with Crippen LogP contribution in [-0.2, 0) is 9.59 Å². The third-order valence-corrected chi connectivity index (χ3v) is 7.40. The summed E-state index contributed by atoms with van der Waals surface area (Å²) >= 11 is 12.1. The van der Waals surface area contributed by atoms with Crippen molar-refractivity contribution in [1.82, 2.24) is 14.8 Å². The van der Waals surface area contributed by atoms with Gasteiger partial charge in [-0.25, -0.2) is 4.98 Å². The maximum Gasteiger partial charge on any atom is 0.225 e. The molecule has 2 aromatic rings. The van der Waals surface area contributed by atoms with Crippen molar-refractivity contribution in [2.24, 2.45) is 11.3 Å². The molecule has 2 amide bonds. The molecule has 0 spiro atoms. The number of rotatable bonds is 5. The first-order valence-corrected chi connectivity index (χ1v) is 12.0. The number of nitrogens with zero attached hydrogens (tertiary/aromatic N) is 3. The molecule has 0 radical (unpaired) electrons. The maximum absolute atomic E-state index is 13.4. The van der Waals surface area contributed by atoms with E-state index in [1.807, 2.05) is 34.1 Å². The van der Waals surface area contributed by atoms with Crippen LogP contribution >= 0.6 is 23.2 Å². The highest BCUT2D eigenvalue weighted by Gasteiger charge is 2.47. The van der Waals surface area contributed by atoms with Crippen LogP contribution in [0.2, 0.25) is 10.0 Å². The Morgan fingerprint density at radius 2 is 1.73 bits per heavy atom. The minimum absolute atomic E-state index is 0.0485. The van der Waals surface area contributed by atoms with Gasteiger partial charge in [0.2, 0.25) is 17.7 Å². The van der Waals surface area contributed by atoms with Crippen molar-refractivity contribution in [1.29, 1.82) is 0 Å². The number of ether oxygens (including phenoxy) is 1. The molecular weight excluding hydrogens is 461 g/mol. The minimum Gasteiger partial charge on any atom is -0.477 e. The van der Waals surface area contributed by atoms with Gasteiger partial charge < -0.3 is 14.5 Å². The molecule has 176 valence electrons. The molecule has 8 heteroatoms. The minimum atomic E-state index is -0.301. The SMILES string of the molecule is CC(=O)N1CCC(C(=O)N2C[C@H](c3ccc(Cl)cc3)[C@@](C)(COc3ccc(Cl)cn3)C2)CC1. The number of pyridine rings is 1. The summed E-state index contributed by atoms with van der Waals surface area (Å²) in [5.41, 5.74) is 0.835. The highest BCUT2D eigenvalue weighted by atomic mass is 35.5. The molecular formula is C25H29Cl2N3O3. The Hall–Kier alpha value is -2.31. The highest BCUT2D eigenvalue weighted by Crippen LogP contribution is 2.44. The molecule has 2 atom stereocenters. The van der Waals surface area contributed by atoms with Crippen molar-refractivity contribution in [3.05, 3.63) is 58.2 Å². The second kappa shape index (κ2) is 9.90. The van der Waals surface area contributed by atoms with Gasteiger partial charge in [0.05, 0.1) is 11.6 Å². The smallest absolute Gasteiger partial charge is 0.225 e. The van der Waals surface area contributed by atoms with E-state index in [2.05, 4.69) is 11.9 Å². The summed E-state index contributed by atoms with van der Waals surface area (Å²) in [6.45, 7) is 6.67. The highest BCUT2D eigenvalue weighted by molar-refractivity contribution is 6.30. The van der Waals surface area contributed by atoms with E-state index in [1.54, 1.807) is 25.3 Å². The van der Waals surface area contributed by atoms with Crippen LogP contribution in [0.15, 0.2) is 42.6 Å². The van der Waals surface area contributed by atoms with E-state index in [0.29, 0.717) is 61.6 Å². The second-order valence-corrected chi connectivity index (χ2v) is 10.2. The van der Waals surface area contributed by atoms with E-state index in [0.717, 1.165) is 5.56 Å². The Kier molecular flexibility index (Phi) is 7.15. The summed E-state index contributed by atoms with van der Waals surface area (Å²) in [4.78, 5) is 33.1. The van der Waals surface area contributed by atoms with Crippen molar-refractivity contribution in [3.8, 4) is 5.88 Å². The van der Waals surface area contributed by atoms with Crippen LogP contribution in [0.5, 0.6) is 5.88 Å². The summed E-state index contributed by atoms with van der Waals surface area (Å²) in [5, 5.41) is 1.24. The van der Waals surface area contributed by atoms with Gasteiger partial charge in [0.25, 0.3) is 0 Å². The van der Waals surface area contributed by atoms with Gasteiger partial charge in [0.15, 0.2) is 0 Å². The second-order valence-electron chi connectivity index (χ2n) is 9.36. The zero-order valence-electron chi connectivity index (χ0n) is 19.0. The zero-order valence-corrected chi connectivity index (χ0v) is 20.5. The van der Waals surface area contributed by atoms with Crippen molar-refractivity contribution in [3.63, 3.8) is 0 Å². The summed E-state index contributed by atoms with van der Waals surface area (Å²) < 4.78 is 6.06. The molecule has 2 fully saturated rings. The molecule has 4 rings (SSSR count). The fourth-order valence-corrected chi connectivity index (χ4v) is 5.19. The van der Waals surface area contributed by atoms with Crippen molar-refractivity contribution in [2.75, 3.05) is 32.8 Å². The molecule has 0 aliphatic carbocycles. The predicted molar refractivity (Wildman–Crippen MR) is 129 cm³/mol. The third-order valence-electron chi connectivity index (χ3n) is 6.92. The van der Waals surface area contributed by atoms with Gasteiger partial charge in [-0.3, -0.25) is 9.59 Å². The first-order chi connectivity index (χ1) is 15.7. The Bertz CT molecular complexity index is 991. The molecule has 0 N–H and O–H groups in total. The van der Waals surface area contributed by atoms with Crippen LogP contribution in [0.1, 0.15) is 38.2 Å². The zero-order chi connectivity index (χ0) is 23.6. The van der Waals surface area contributed by atoms with E-state index in [1.165, 1.54) is 0 Å². The topological polar surface area (TPSA) is 62.7 Å². The van der Waals surface area contributed by atoms with Gasteiger partial charge in [-0.1, -0.05) is 42.3 Å². The van der Waals surface area contributed by atoms with Crippen LogP contribution in [0.25, 0.3) is 0 Å². The van der Waals surface area contributed by atoms with Gasteiger partial charge in [-0.2, -0.15) is 0 Å². The van der Waals surface area contributed by atoms with Crippen LogP contribution < -0.4 is 4.74 Å². The molecule has 2 aliphatic heterocycles. The predicted octanol–water partition coefficient (Wildman–Crippen LogP) is 4.66. The summed E-state index contributed by atoms with van der Waals surface area (Å²) in [6, 6.07) is 11.3. The number of benzene rings is 1. The van der Waals surface area contributed by atoms with Gasteiger partial charge in [-0.05, 0) is 36.6 Å². The number of likely N-dealkylation sites (tertiary alicyclic amines) is 2. The third kappa shape index (κ3) is 5.44. The van der Waals surface area contributed by atoms with Gasteiger partial charge in [-0.15, -0.1) is 0 Å². The number of carbonyl (C=O) groups is 2. The number of halogens is 2. The van der Waals surface area contributed by atoms with E-state index in [9.17, 15) is 9.59 Å². The van der Waals surface area contributed by atoms with Crippen LogP contribution in [0.4, 0.5) is 0 Å². The maximum atomic E-state index is 13.4. The van der Waals surface area contributed by atoms with Gasteiger partial charge in [0, 0.05) is 67.6 Å². The molecule has 0 bridgehead atoms. The fraction of sp³-hybridized carbons (Fsp3) is 0.480. The molecule has 1 aromatic heterocycles. The van der Waals surface area contributed by atoms with Gasteiger partial charge >= 0.3 is 0 Å². The lowest BCUT2D eigenvalue weighted by Crippen LogP contribution is -2.44. The molecule has 6 nitrogen and oxygen atoms in total. The van der Waals surface area contributed by atoms with Crippen molar-refractivity contribution < 1.29 is 14.3 Å². The first kappa shape index (κ1) is 23.8. The Morgan fingerprint density at radius 3 is 2.33 bits per heavy atom. The molecule has 2 saturated heterocycles. The number of carbonyl (C=O) groups excluding carboxylic acids is 2. The standard InChI is InChI=1S/C25H29Cl2N3O3/c1-17(31)29-11-9-19(10-12-29)24(32)30-14-22(18-3-5-20(26)6-4-18)25(2,15-30)16-33-23-8-7-21(27)13-28-23/h3-8,13,19,22H,9-12,14-16H2,1-2H3/t22-,25-/m1/s1. The average Bonchev–Trinajstić information content (AvgIpc) is 3.16. The lowest BCUT2D eigenvalue weighted by atomic mass is 9.77. The lowest BCUT2D eigenvalue weighted by molar-refractivity contribution is -0.139. The van der Waals surface area contributed by atoms with Gasteiger partial charge in [0.1, 0.15) is 0 Å². The number of piperidine rings is 1. The summed E-state index contributed by atoms with van der Waals surface area (Å²) in [6.07, 6.45) is 2.98. The molecule has 0 saturated carbocycles. The van der Waals surface area contributed by atoms with E-state index < -0.39 is 0 Å². The molecule has 1 aromatic carbocycles. The Morgan fingerprint density at radius 1 is 1.06 bits per heavy atom. The van der Waals surface area contributed by atoms with E-state index in [-0.39, 0.29) is 29.1 Å².